The normalized spacial score (nSPS) is 11.1. The molecule has 0 spiro atoms. The molecule has 35 heavy (non-hydrogen) atoms. The van der Waals surface area contributed by atoms with Gasteiger partial charge in [0.15, 0.2) is 11.3 Å². The average molecular weight is 488 g/mol. The number of nitrogens with zero attached hydrogens (tertiary/aromatic N) is 1. The number of rotatable bonds is 6. The van der Waals surface area contributed by atoms with E-state index < -0.39 is 16.9 Å². The summed E-state index contributed by atoms with van der Waals surface area (Å²) in [7, 11) is 3.11. The van der Waals surface area contributed by atoms with Crippen molar-refractivity contribution in [3.8, 4) is 17.2 Å². The second-order valence-electron chi connectivity index (χ2n) is 7.77. The van der Waals surface area contributed by atoms with Crippen LogP contribution in [-0.2, 0) is 6.54 Å². The van der Waals surface area contributed by atoms with E-state index in [0.29, 0.717) is 27.3 Å². The molecule has 0 unspecified atom stereocenters. The van der Waals surface area contributed by atoms with Gasteiger partial charge in [-0.25, -0.2) is 4.79 Å². The topological polar surface area (TPSA) is 90.9 Å². The van der Waals surface area contributed by atoms with Crippen LogP contribution in [0.1, 0.15) is 5.56 Å². The van der Waals surface area contributed by atoms with Gasteiger partial charge in [-0.15, -0.1) is 0 Å². The Morgan fingerprint density at radius 1 is 0.943 bits per heavy atom. The Labute approximate surface area is 204 Å². The number of hydrogen-bond donors (Lipinski definition) is 1. The molecule has 0 saturated carbocycles. The van der Waals surface area contributed by atoms with Crippen LogP contribution in [0, 0.1) is 0 Å². The molecule has 0 aliphatic heterocycles. The molecular formula is C27H21NO6S. The summed E-state index contributed by atoms with van der Waals surface area (Å²) in [5.74, 6) is 0.833. The molecule has 1 N–H and O–H groups in total. The first-order valence-electron chi connectivity index (χ1n) is 10.8. The van der Waals surface area contributed by atoms with Crippen molar-refractivity contribution in [3.05, 3.63) is 99.1 Å². The van der Waals surface area contributed by atoms with Crippen LogP contribution in [0.2, 0.25) is 0 Å². The van der Waals surface area contributed by atoms with Gasteiger partial charge in [0.2, 0.25) is 0 Å². The largest absolute Gasteiger partial charge is 0.505 e. The molecule has 0 saturated heterocycles. The van der Waals surface area contributed by atoms with Gasteiger partial charge in [0.1, 0.15) is 21.8 Å². The minimum Gasteiger partial charge on any atom is -0.505 e. The number of ether oxygens (including phenoxy) is 2. The number of hydrogen-bond acceptors (Lipinski definition) is 7. The second-order valence-corrected chi connectivity index (χ2v) is 8.86. The number of pyridine rings is 1. The van der Waals surface area contributed by atoms with Gasteiger partial charge in [0, 0.05) is 15.8 Å². The first kappa shape index (κ1) is 22.6. The van der Waals surface area contributed by atoms with Crippen molar-refractivity contribution >= 4 is 33.6 Å². The highest BCUT2D eigenvalue weighted by atomic mass is 32.2. The highest BCUT2D eigenvalue weighted by molar-refractivity contribution is 7.99. The number of benzene rings is 3. The van der Waals surface area contributed by atoms with E-state index in [9.17, 15) is 14.7 Å². The Morgan fingerprint density at radius 2 is 1.71 bits per heavy atom. The Bertz CT molecular complexity index is 1690. The molecule has 0 radical (unpaired) electrons. The van der Waals surface area contributed by atoms with E-state index in [0.717, 1.165) is 17.3 Å². The van der Waals surface area contributed by atoms with E-state index in [1.54, 1.807) is 67.3 Å². The highest BCUT2D eigenvalue weighted by Crippen LogP contribution is 2.38. The fourth-order valence-electron chi connectivity index (χ4n) is 4.07. The van der Waals surface area contributed by atoms with Gasteiger partial charge in [-0.3, -0.25) is 4.79 Å². The van der Waals surface area contributed by atoms with Crippen molar-refractivity contribution in [3.63, 3.8) is 0 Å². The van der Waals surface area contributed by atoms with E-state index in [1.165, 1.54) is 0 Å². The van der Waals surface area contributed by atoms with Gasteiger partial charge in [0.25, 0.3) is 5.56 Å². The maximum absolute atomic E-state index is 13.8. The number of methoxy groups -OCH3 is 2. The Kier molecular flexibility index (Phi) is 5.96. The average Bonchev–Trinajstić information content (AvgIpc) is 2.89. The minimum atomic E-state index is -0.727. The van der Waals surface area contributed by atoms with Gasteiger partial charge in [-0.1, -0.05) is 48.2 Å². The van der Waals surface area contributed by atoms with Gasteiger partial charge in [0.05, 0.1) is 26.3 Å². The predicted octanol–water partition coefficient (Wildman–Crippen LogP) is 5.03. The summed E-state index contributed by atoms with van der Waals surface area (Å²) in [6, 6.07) is 21.6. The third-order valence-electron chi connectivity index (χ3n) is 5.74. The van der Waals surface area contributed by atoms with E-state index in [-0.39, 0.29) is 22.4 Å². The quantitative estimate of drug-likeness (QED) is 0.336. The summed E-state index contributed by atoms with van der Waals surface area (Å²) in [5, 5.41) is 11.7. The molecule has 8 heteroatoms. The van der Waals surface area contributed by atoms with Crippen LogP contribution < -0.4 is 20.7 Å². The Hall–Kier alpha value is -4.17. The van der Waals surface area contributed by atoms with E-state index in [2.05, 4.69) is 0 Å². The van der Waals surface area contributed by atoms with Crippen LogP contribution in [0.4, 0.5) is 0 Å². The molecule has 3 aromatic carbocycles. The maximum atomic E-state index is 13.8. The van der Waals surface area contributed by atoms with E-state index in [4.69, 9.17) is 13.9 Å². The second kappa shape index (κ2) is 9.23. The third kappa shape index (κ3) is 4.02. The van der Waals surface area contributed by atoms with E-state index in [1.807, 2.05) is 24.3 Å². The van der Waals surface area contributed by atoms with Gasteiger partial charge in [-0.2, -0.15) is 0 Å². The number of aromatic nitrogens is 1. The lowest BCUT2D eigenvalue weighted by Gasteiger charge is -2.15. The molecule has 0 amide bonds. The monoisotopic (exact) mass is 487 g/mol. The molecule has 0 fully saturated rings. The zero-order valence-electron chi connectivity index (χ0n) is 19.0. The van der Waals surface area contributed by atoms with Crippen molar-refractivity contribution in [2.24, 2.45) is 0 Å². The lowest BCUT2D eigenvalue weighted by molar-refractivity contribution is 0.408. The zero-order valence-corrected chi connectivity index (χ0v) is 19.8. The highest BCUT2D eigenvalue weighted by Gasteiger charge is 2.22. The van der Waals surface area contributed by atoms with Crippen molar-refractivity contribution in [2.75, 3.05) is 14.2 Å². The molecule has 5 aromatic rings. The number of para-hydroxylation sites is 2. The lowest BCUT2D eigenvalue weighted by atomic mass is 10.1. The van der Waals surface area contributed by atoms with Crippen LogP contribution in [0.3, 0.4) is 0 Å². The number of aromatic hydroxyl groups is 1. The first-order valence-corrected chi connectivity index (χ1v) is 11.6. The summed E-state index contributed by atoms with van der Waals surface area (Å²) in [6.45, 7) is 0.205. The van der Waals surface area contributed by atoms with Crippen molar-refractivity contribution in [1.82, 2.24) is 4.57 Å². The molecule has 176 valence electrons. The minimum absolute atomic E-state index is 0.0522. The third-order valence-corrected chi connectivity index (χ3v) is 6.79. The van der Waals surface area contributed by atoms with Crippen molar-refractivity contribution in [2.45, 2.75) is 16.3 Å². The summed E-state index contributed by atoms with van der Waals surface area (Å²) < 4.78 is 17.9. The molecule has 0 atom stereocenters. The standard InChI is InChI=1S/C27H21NO6S/c1-32-17-9-7-10-18(14-17)35-25-23(29)22-24(34-27(25)31)19-11-4-5-12-20(19)28(26(22)30)15-16-8-3-6-13-21(16)33-2/h3-14,29H,15H2,1-2H3. The zero-order chi connectivity index (χ0) is 24.5. The molecule has 7 nitrogen and oxygen atoms in total. The van der Waals surface area contributed by atoms with Crippen LogP contribution >= 0.6 is 11.8 Å². The van der Waals surface area contributed by atoms with Crippen molar-refractivity contribution in [1.29, 1.82) is 0 Å². The molecule has 2 heterocycles. The first-order chi connectivity index (χ1) is 17.0. The summed E-state index contributed by atoms with van der Waals surface area (Å²) >= 11 is 1.01. The number of fused-ring (bicyclic) bond motifs is 3. The van der Waals surface area contributed by atoms with Gasteiger partial charge < -0.3 is 23.6 Å². The Balaban J connectivity index is 1.76. The fraction of sp³-hybridized carbons (Fsp3) is 0.111. The fourth-order valence-corrected chi connectivity index (χ4v) is 4.96. The van der Waals surface area contributed by atoms with Gasteiger partial charge >= 0.3 is 5.63 Å². The molecule has 2 aromatic heterocycles. The summed E-state index contributed by atoms with van der Waals surface area (Å²) in [5.41, 5.74) is 0.226. The Morgan fingerprint density at radius 3 is 2.51 bits per heavy atom. The van der Waals surface area contributed by atoms with Crippen LogP contribution in [0.15, 0.2) is 96.6 Å². The summed E-state index contributed by atoms with van der Waals surface area (Å²) in [6.07, 6.45) is 0. The van der Waals surface area contributed by atoms with E-state index >= 15 is 0 Å². The van der Waals surface area contributed by atoms with Gasteiger partial charge in [-0.05, 0) is 36.4 Å². The molecule has 5 rings (SSSR count). The summed E-state index contributed by atoms with van der Waals surface area (Å²) in [4.78, 5) is 27.3. The smallest absolute Gasteiger partial charge is 0.354 e. The molecule has 0 bridgehead atoms. The van der Waals surface area contributed by atoms with Crippen LogP contribution in [-0.4, -0.2) is 23.9 Å². The SMILES string of the molecule is COc1cccc(Sc2c(O)c3c(=O)n(Cc4ccccc4OC)c4ccccc4c3oc2=O)c1. The molecule has 0 aliphatic carbocycles. The van der Waals surface area contributed by atoms with Crippen LogP contribution in [0.25, 0.3) is 21.9 Å². The van der Waals surface area contributed by atoms with Crippen molar-refractivity contribution < 1.29 is 19.0 Å². The maximum Gasteiger partial charge on any atom is 0.354 e. The molecular weight excluding hydrogens is 466 g/mol. The molecule has 0 aliphatic rings. The predicted molar refractivity (Wildman–Crippen MR) is 135 cm³/mol. The van der Waals surface area contributed by atoms with Crippen LogP contribution in [0.5, 0.6) is 17.2 Å². The lowest BCUT2D eigenvalue weighted by Crippen LogP contribution is -2.23.